The van der Waals surface area contributed by atoms with Gasteiger partial charge in [-0.1, -0.05) is 44.0 Å². The molecular weight excluding hydrogens is 272 g/mol. The van der Waals surface area contributed by atoms with Crippen LogP contribution < -0.4 is 0 Å². The fraction of sp³-hybridized carbons (Fsp3) is 0.250. The Labute approximate surface area is 82.7 Å². The van der Waals surface area contributed by atoms with Crippen molar-refractivity contribution >= 4 is 31.9 Å². The minimum atomic E-state index is -0.410. The molecule has 0 spiro atoms. The standard InChI is InChI=1S/C8H8Br2O/c9-5-8(11)6-2-1-3-7(10)4-6/h1-4,8,11H,5H2/t8-/m1/s1. The van der Waals surface area contributed by atoms with Gasteiger partial charge in [0, 0.05) is 9.80 Å². The van der Waals surface area contributed by atoms with Crippen LogP contribution in [0.25, 0.3) is 0 Å². The van der Waals surface area contributed by atoms with Gasteiger partial charge in [0.15, 0.2) is 0 Å². The van der Waals surface area contributed by atoms with E-state index in [9.17, 15) is 5.11 Å². The third kappa shape index (κ3) is 2.58. The Balaban J connectivity index is 2.86. The second-order valence-electron chi connectivity index (χ2n) is 2.23. The number of alkyl halides is 1. The van der Waals surface area contributed by atoms with Crippen LogP contribution in [0.5, 0.6) is 0 Å². The molecule has 0 saturated heterocycles. The number of aliphatic hydroxyl groups excluding tert-OH is 1. The van der Waals surface area contributed by atoms with Crippen molar-refractivity contribution in [1.82, 2.24) is 0 Å². The van der Waals surface area contributed by atoms with Gasteiger partial charge >= 0.3 is 0 Å². The van der Waals surface area contributed by atoms with Crippen molar-refractivity contribution in [1.29, 1.82) is 0 Å². The fourth-order valence-electron chi connectivity index (χ4n) is 0.803. The Morgan fingerprint density at radius 1 is 1.45 bits per heavy atom. The Kier molecular flexibility index (Phi) is 3.55. The minimum absolute atomic E-state index is 0.410. The molecule has 0 bridgehead atoms. The summed E-state index contributed by atoms with van der Waals surface area (Å²) in [7, 11) is 0. The molecule has 1 atom stereocenters. The summed E-state index contributed by atoms with van der Waals surface area (Å²) < 4.78 is 0.995. The van der Waals surface area contributed by atoms with Crippen molar-refractivity contribution in [2.45, 2.75) is 6.10 Å². The van der Waals surface area contributed by atoms with E-state index < -0.39 is 6.10 Å². The lowest BCUT2D eigenvalue weighted by Crippen LogP contribution is -1.97. The molecular formula is C8H8Br2O. The molecule has 1 aromatic rings. The number of aliphatic hydroxyl groups is 1. The van der Waals surface area contributed by atoms with Gasteiger partial charge in [-0.25, -0.2) is 0 Å². The summed E-state index contributed by atoms with van der Waals surface area (Å²) >= 11 is 6.54. The van der Waals surface area contributed by atoms with Gasteiger partial charge in [0.25, 0.3) is 0 Å². The molecule has 0 aliphatic carbocycles. The first-order valence-electron chi connectivity index (χ1n) is 3.23. The van der Waals surface area contributed by atoms with Gasteiger partial charge < -0.3 is 5.11 Å². The van der Waals surface area contributed by atoms with Crippen molar-refractivity contribution < 1.29 is 5.11 Å². The number of benzene rings is 1. The summed E-state index contributed by atoms with van der Waals surface area (Å²) in [6, 6.07) is 7.65. The van der Waals surface area contributed by atoms with Gasteiger partial charge in [0.2, 0.25) is 0 Å². The van der Waals surface area contributed by atoms with E-state index in [4.69, 9.17) is 0 Å². The number of rotatable bonds is 2. The van der Waals surface area contributed by atoms with E-state index in [1.54, 1.807) is 0 Å². The second-order valence-corrected chi connectivity index (χ2v) is 3.79. The van der Waals surface area contributed by atoms with E-state index in [0.717, 1.165) is 10.0 Å². The number of halogens is 2. The summed E-state index contributed by atoms with van der Waals surface area (Å²) in [5, 5.41) is 9.96. The monoisotopic (exact) mass is 278 g/mol. The lowest BCUT2D eigenvalue weighted by Gasteiger charge is -2.06. The summed E-state index contributed by atoms with van der Waals surface area (Å²) in [4.78, 5) is 0. The summed E-state index contributed by atoms with van der Waals surface area (Å²) in [6.45, 7) is 0. The van der Waals surface area contributed by atoms with Crippen molar-refractivity contribution in [3.05, 3.63) is 34.3 Å². The first-order valence-corrected chi connectivity index (χ1v) is 5.15. The largest absolute Gasteiger partial charge is 0.388 e. The molecule has 1 nitrogen and oxygen atoms in total. The number of hydrogen-bond acceptors (Lipinski definition) is 1. The Hall–Kier alpha value is 0.140. The van der Waals surface area contributed by atoms with Crippen LogP contribution in [0.3, 0.4) is 0 Å². The highest BCUT2D eigenvalue weighted by molar-refractivity contribution is 9.10. The third-order valence-electron chi connectivity index (χ3n) is 1.38. The van der Waals surface area contributed by atoms with Crippen LogP contribution in [0.15, 0.2) is 28.7 Å². The Bertz CT molecular complexity index is 237. The first kappa shape index (κ1) is 9.23. The van der Waals surface area contributed by atoms with Crippen molar-refractivity contribution in [3.8, 4) is 0 Å². The Morgan fingerprint density at radius 2 is 2.18 bits per heavy atom. The van der Waals surface area contributed by atoms with Crippen molar-refractivity contribution in [2.24, 2.45) is 0 Å². The van der Waals surface area contributed by atoms with Gasteiger partial charge in [-0.3, -0.25) is 0 Å². The molecule has 0 aliphatic rings. The highest BCUT2D eigenvalue weighted by Crippen LogP contribution is 2.19. The normalized spacial score (nSPS) is 13.0. The van der Waals surface area contributed by atoms with E-state index in [-0.39, 0.29) is 0 Å². The summed E-state index contributed by atoms with van der Waals surface area (Å²) in [5.41, 5.74) is 0.927. The molecule has 1 aromatic carbocycles. The molecule has 0 heterocycles. The maximum Gasteiger partial charge on any atom is 0.0887 e. The molecule has 1 rings (SSSR count). The van der Waals surface area contributed by atoms with Crippen molar-refractivity contribution in [2.75, 3.05) is 5.33 Å². The topological polar surface area (TPSA) is 20.2 Å². The van der Waals surface area contributed by atoms with Crippen LogP contribution in [0.4, 0.5) is 0 Å². The first-order chi connectivity index (χ1) is 5.24. The highest BCUT2D eigenvalue weighted by atomic mass is 79.9. The van der Waals surface area contributed by atoms with E-state index in [1.165, 1.54) is 0 Å². The molecule has 60 valence electrons. The fourth-order valence-corrected chi connectivity index (χ4v) is 1.59. The molecule has 0 aliphatic heterocycles. The van der Waals surface area contributed by atoms with Crippen LogP contribution >= 0.6 is 31.9 Å². The van der Waals surface area contributed by atoms with Gasteiger partial charge in [0.1, 0.15) is 0 Å². The average Bonchev–Trinajstić information content (AvgIpc) is 2.03. The molecule has 0 fully saturated rings. The molecule has 0 saturated carbocycles. The van der Waals surface area contributed by atoms with Gasteiger partial charge in [0.05, 0.1) is 6.10 Å². The van der Waals surface area contributed by atoms with Gasteiger partial charge in [-0.2, -0.15) is 0 Å². The quantitative estimate of drug-likeness (QED) is 0.826. The predicted molar refractivity (Wildman–Crippen MR) is 52.9 cm³/mol. The number of hydrogen-bond donors (Lipinski definition) is 1. The smallest absolute Gasteiger partial charge is 0.0887 e. The zero-order chi connectivity index (χ0) is 8.27. The lowest BCUT2D eigenvalue weighted by atomic mass is 10.1. The molecule has 0 unspecified atom stereocenters. The minimum Gasteiger partial charge on any atom is -0.388 e. The molecule has 11 heavy (non-hydrogen) atoms. The highest BCUT2D eigenvalue weighted by Gasteiger charge is 2.04. The zero-order valence-electron chi connectivity index (χ0n) is 5.80. The summed E-state index contributed by atoms with van der Waals surface area (Å²) in [5.74, 6) is 0. The van der Waals surface area contributed by atoms with Crippen LogP contribution in [0, 0.1) is 0 Å². The van der Waals surface area contributed by atoms with Gasteiger partial charge in [-0.05, 0) is 17.7 Å². The average molecular weight is 280 g/mol. The van der Waals surface area contributed by atoms with E-state index in [0.29, 0.717) is 5.33 Å². The maximum absolute atomic E-state index is 9.39. The van der Waals surface area contributed by atoms with E-state index >= 15 is 0 Å². The third-order valence-corrected chi connectivity index (χ3v) is 2.49. The SMILES string of the molecule is O[C@H](CBr)c1cccc(Br)c1. The second kappa shape index (κ2) is 4.24. The maximum atomic E-state index is 9.39. The lowest BCUT2D eigenvalue weighted by molar-refractivity contribution is 0.205. The van der Waals surface area contributed by atoms with Gasteiger partial charge in [-0.15, -0.1) is 0 Å². The van der Waals surface area contributed by atoms with Crippen LogP contribution in [-0.2, 0) is 0 Å². The molecule has 0 amide bonds. The molecule has 3 heteroatoms. The van der Waals surface area contributed by atoms with Crippen LogP contribution in [0.2, 0.25) is 0 Å². The molecule has 0 aromatic heterocycles. The predicted octanol–water partition coefficient (Wildman–Crippen LogP) is 2.88. The van der Waals surface area contributed by atoms with Crippen LogP contribution in [0.1, 0.15) is 11.7 Å². The molecule has 1 N–H and O–H groups in total. The van der Waals surface area contributed by atoms with Crippen molar-refractivity contribution in [3.63, 3.8) is 0 Å². The van der Waals surface area contributed by atoms with Crippen LogP contribution in [-0.4, -0.2) is 10.4 Å². The van der Waals surface area contributed by atoms with E-state index in [2.05, 4.69) is 31.9 Å². The summed E-state index contributed by atoms with van der Waals surface area (Å²) in [6.07, 6.45) is -0.410. The van der Waals surface area contributed by atoms with E-state index in [1.807, 2.05) is 24.3 Å². The molecule has 0 radical (unpaired) electrons. The zero-order valence-corrected chi connectivity index (χ0v) is 8.97. The Morgan fingerprint density at radius 3 is 2.73 bits per heavy atom.